The zero-order valence-corrected chi connectivity index (χ0v) is 23.5. The molecule has 2 aliphatic heterocycles. The van der Waals surface area contributed by atoms with Crippen LogP contribution >= 0.6 is 0 Å². The first-order chi connectivity index (χ1) is 18.9. The SMILES string of the molecule is C[N+]1(S(=O)CC2CCN(C(=CCN)c3c(N)cnc4[nH]ccc34)CC2)CCCC(COc2ccc(F)cc2)C1. The minimum absolute atomic E-state index is 0.267. The van der Waals surface area contributed by atoms with E-state index in [1.54, 1.807) is 18.3 Å². The standard InChI is InChI=1S/C29H40FN6O2S/c1-36(16-2-3-22(18-36)19-38-24-6-4-23(30)5-7-24)39(37)20-21-10-14-35(15-11-21)27(8-12-31)28-25-9-13-33-29(25)34-17-26(28)32/h4-9,13,17,21-22H,2-3,10-12,14-16,18-20,31-32H2,1H3,(H,33,34)/q+1. The number of nitrogens with zero attached hydrogens (tertiary/aromatic N) is 3. The van der Waals surface area contributed by atoms with Gasteiger partial charge in [0.15, 0.2) is 0 Å². The Morgan fingerprint density at radius 2 is 2.00 bits per heavy atom. The summed E-state index contributed by atoms with van der Waals surface area (Å²) in [4.78, 5) is 9.94. The molecule has 3 atom stereocenters. The van der Waals surface area contributed by atoms with Crippen molar-refractivity contribution >= 4 is 33.4 Å². The van der Waals surface area contributed by atoms with Gasteiger partial charge in [0.25, 0.3) is 0 Å². The fourth-order valence-electron chi connectivity index (χ4n) is 6.04. The number of H-pyrrole nitrogens is 1. The molecular formula is C29H40FN6O2S+. The molecule has 10 heteroatoms. The molecule has 210 valence electrons. The van der Waals surface area contributed by atoms with Crippen molar-refractivity contribution in [1.82, 2.24) is 14.9 Å². The van der Waals surface area contributed by atoms with Crippen molar-refractivity contribution in [2.45, 2.75) is 25.7 Å². The molecule has 2 saturated heterocycles. The summed E-state index contributed by atoms with van der Waals surface area (Å²) in [6.45, 7) is 4.51. The summed E-state index contributed by atoms with van der Waals surface area (Å²) in [5.41, 5.74) is 15.9. The number of benzene rings is 1. The summed E-state index contributed by atoms with van der Waals surface area (Å²) in [7, 11) is 1.16. The molecule has 0 radical (unpaired) electrons. The molecule has 0 amide bonds. The molecular weight excluding hydrogens is 515 g/mol. The number of piperidine rings is 2. The third-order valence-corrected chi connectivity index (χ3v) is 10.3. The Bertz CT molecular complexity index is 1320. The molecule has 3 aromatic rings. The van der Waals surface area contributed by atoms with E-state index < -0.39 is 11.0 Å². The third kappa shape index (κ3) is 6.28. The second kappa shape index (κ2) is 12.1. The topological polar surface area (TPSA) is 110 Å². The van der Waals surface area contributed by atoms with Crippen LogP contribution in [0, 0.1) is 17.7 Å². The summed E-state index contributed by atoms with van der Waals surface area (Å²) in [6, 6.07) is 8.16. The van der Waals surface area contributed by atoms with Gasteiger partial charge in [-0.15, -0.1) is 0 Å². The number of likely N-dealkylation sites (tertiary alicyclic amines) is 2. The Hall–Kier alpha value is -2.95. The van der Waals surface area contributed by atoms with Crippen molar-refractivity contribution in [2.75, 3.05) is 57.9 Å². The minimum Gasteiger partial charge on any atom is -0.493 e. The van der Waals surface area contributed by atoms with Crippen LogP contribution < -0.4 is 16.2 Å². The number of nitrogen functional groups attached to an aromatic ring is 1. The fourth-order valence-corrected chi connectivity index (χ4v) is 7.85. The highest BCUT2D eigenvalue weighted by molar-refractivity contribution is 7.79. The Labute approximate surface area is 232 Å². The van der Waals surface area contributed by atoms with E-state index in [0.717, 1.165) is 74.2 Å². The minimum atomic E-state index is -0.973. The van der Waals surface area contributed by atoms with Gasteiger partial charge in [-0.2, -0.15) is 4.21 Å². The lowest BCUT2D eigenvalue weighted by atomic mass is 9.96. The predicted molar refractivity (Wildman–Crippen MR) is 155 cm³/mol. The van der Waals surface area contributed by atoms with Crippen LogP contribution in [0.15, 0.2) is 48.8 Å². The van der Waals surface area contributed by atoms with E-state index in [4.69, 9.17) is 16.2 Å². The molecule has 39 heavy (non-hydrogen) atoms. The Morgan fingerprint density at radius 1 is 1.23 bits per heavy atom. The number of nitrogens with two attached hydrogens (primary N) is 2. The summed E-state index contributed by atoms with van der Waals surface area (Å²) < 4.78 is 33.4. The molecule has 2 aliphatic rings. The van der Waals surface area contributed by atoms with Gasteiger partial charge in [-0.1, -0.05) is 0 Å². The van der Waals surface area contributed by atoms with Gasteiger partial charge >= 0.3 is 0 Å². The van der Waals surface area contributed by atoms with E-state index >= 15 is 0 Å². The zero-order chi connectivity index (χ0) is 27.4. The van der Waals surface area contributed by atoms with Gasteiger partial charge in [0, 0.05) is 48.4 Å². The molecule has 4 heterocycles. The van der Waals surface area contributed by atoms with Crippen LogP contribution in [0.4, 0.5) is 10.1 Å². The molecule has 5 N–H and O–H groups in total. The highest BCUT2D eigenvalue weighted by Gasteiger charge is 2.38. The van der Waals surface area contributed by atoms with Crippen LogP contribution in [0.2, 0.25) is 0 Å². The van der Waals surface area contributed by atoms with Gasteiger partial charge in [-0.3, -0.25) is 0 Å². The first-order valence-electron chi connectivity index (χ1n) is 13.9. The number of aromatic nitrogens is 2. The molecule has 8 nitrogen and oxygen atoms in total. The molecule has 3 unspecified atom stereocenters. The molecule has 2 fully saturated rings. The van der Waals surface area contributed by atoms with E-state index in [2.05, 4.69) is 21.9 Å². The van der Waals surface area contributed by atoms with Crippen molar-refractivity contribution in [3.05, 3.63) is 60.2 Å². The number of nitrogens with one attached hydrogen (secondary N) is 1. The maximum atomic E-state index is 13.7. The number of rotatable bonds is 9. The number of anilines is 1. The van der Waals surface area contributed by atoms with Crippen LogP contribution in [0.5, 0.6) is 5.75 Å². The highest BCUT2D eigenvalue weighted by Crippen LogP contribution is 2.34. The number of aromatic amines is 1. The number of halogens is 1. The van der Waals surface area contributed by atoms with Gasteiger partial charge in [-0.25, -0.2) is 13.3 Å². The summed E-state index contributed by atoms with van der Waals surface area (Å²) in [5.74, 6) is 1.87. The van der Waals surface area contributed by atoms with Crippen LogP contribution in [-0.4, -0.2) is 75.1 Å². The average molecular weight is 556 g/mol. The van der Waals surface area contributed by atoms with Crippen molar-refractivity contribution in [3.8, 4) is 5.75 Å². The number of pyridine rings is 1. The molecule has 5 rings (SSSR count). The average Bonchev–Trinajstić information content (AvgIpc) is 3.41. The number of fused-ring (bicyclic) bond motifs is 1. The van der Waals surface area contributed by atoms with Gasteiger partial charge in [0.2, 0.25) is 11.0 Å². The fraction of sp³-hybridized carbons (Fsp3) is 0.483. The number of hydrogen-bond acceptors (Lipinski definition) is 6. The summed E-state index contributed by atoms with van der Waals surface area (Å²) in [6.07, 6.45) is 9.68. The van der Waals surface area contributed by atoms with E-state index in [1.807, 2.05) is 18.3 Å². The van der Waals surface area contributed by atoms with Crippen molar-refractivity contribution in [1.29, 1.82) is 0 Å². The van der Waals surface area contributed by atoms with Gasteiger partial charge < -0.3 is 26.1 Å². The lowest BCUT2D eigenvalue weighted by Crippen LogP contribution is -2.54. The first-order valence-corrected chi connectivity index (χ1v) is 15.1. The molecule has 0 aliphatic carbocycles. The number of hydrogen-bond donors (Lipinski definition) is 3. The van der Waals surface area contributed by atoms with E-state index in [0.29, 0.717) is 46.1 Å². The molecule has 0 saturated carbocycles. The third-order valence-electron chi connectivity index (χ3n) is 8.20. The lowest BCUT2D eigenvalue weighted by molar-refractivity contribution is -0.791. The largest absolute Gasteiger partial charge is 0.493 e. The monoisotopic (exact) mass is 555 g/mol. The van der Waals surface area contributed by atoms with E-state index in [9.17, 15) is 8.60 Å². The number of ether oxygens (including phenoxy) is 1. The Kier molecular flexibility index (Phi) is 8.54. The Balaban J connectivity index is 1.17. The maximum absolute atomic E-state index is 13.7. The molecule has 1 aromatic carbocycles. The molecule has 0 spiro atoms. The lowest BCUT2D eigenvalue weighted by Gasteiger charge is -2.41. The maximum Gasteiger partial charge on any atom is 0.206 e. The van der Waals surface area contributed by atoms with E-state index in [-0.39, 0.29) is 5.82 Å². The molecule has 2 aromatic heterocycles. The first kappa shape index (κ1) is 27.6. The van der Waals surface area contributed by atoms with Gasteiger partial charge in [0.05, 0.1) is 44.4 Å². The van der Waals surface area contributed by atoms with Crippen LogP contribution in [-0.2, 0) is 11.0 Å². The van der Waals surface area contributed by atoms with Crippen molar-refractivity contribution < 1.29 is 17.2 Å². The van der Waals surface area contributed by atoms with Crippen LogP contribution in [0.1, 0.15) is 31.2 Å². The normalized spacial score (nSPS) is 23.7. The van der Waals surface area contributed by atoms with Crippen molar-refractivity contribution in [2.24, 2.45) is 17.6 Å². The number of quaternary nitrogens is 1. The smallest absolute Gasteiger partial charge is 0.206 e. The quantitative estimate of drug-likeness (QED) is 0.346. The molecule has 0 bridgehead atoms. The summed E-state index contributed by atoms with van der Waals surface area (Å²) in [5, 5.41) is 0.999. The van der Waals surface area contributed by atoms with Crippen molar-refractivity contribution in [3.63, 3.8) is 0 Å². The predicted octanol–water partition coefficient (Wildman–Crippen LogP) is 3.90. The van der Waals surface area contributed by atoms with E-state index in [1.165, 1.54) is 12.1 Å². The Morgan fingerprint density at radius 3 is 2.74 bits per heavy atom. The summed E-state index contributed by atoms with van der Waals surface area (Å²) >= 11 is 0. The van der Waals surface area contributed by atoms with Crippen LogP contribution in [0.3, 0.4) is 0 Å². The zero-order valence-electron chi connectivity index (χ0n) is 22.7. The highest BCUT2D eigenvalue weighted by atomic mass is 32.2. The van der Waals surface area contributed by atoms with Gasteiger partial charge in [-0.05, 0) is 68.0 Å². The van der Waals surface area contributed by atoms with Gasteiger partial charge in [0.1, 0.15) is 17.2 Å². The van der Waals surface area contributed by atoms with Crippen LogP contribution in [0.25, 0.3) is 16.7 Å². The second-order valence-corrected chi connectivity index (χ2v) is 12.9. The second-order valence-electron chi connectivity index (χ2n) is 11.0.